The van der Waals surface area contributed by atoms with Gasteiger partial charge in [0.25, 0.3) is 5.91 Å². The van der Waals surface area contributed by atoms with Gasteiger partial charge in [-0.1, -0.05) is 46.8 Å². The van der Waals surface area contributed by atoms with Gasteiger partial charge in [-0.05, 0) is 36.1 Å². The molecule has 0 radical (unpaired) electrons. The number of hydrogen-bond donors (Lipinski definition) is 1. The number of benzene rings is 1. The predicted octanol–water partition coefficient (Wildman–Crippen LogP) is 4.29. The number of Topliss-reactive ketones (excluding diaryl/α,β-unsaturated/α-hetero) is 1. The van der Waals surface area contributed by atoms with E-state index in [1.54, 1.807) is 30.3 Å². The minimum atomic E-state index is -0.884. The monoisotopic (exact) mass is 433 g/mol. The molecule has 0 fully saturated rings. The zero-order chi connectivity index (χ0) is 19.8. The first-order valence-electron chi connectivity index (χ1n) is 7.99. The highest BCUT2D eigenvalue weighted by atomic mass is 35.5. The van der Waals surface area contributed by atoms with Crippen LogP contribution in [0.5, 0.6) is 0 Å². The number of aliphatic hydroxyl groups is 1. The van der Waals surface area contributed by atoms with E-state index in [0.717, 1.165) is 0 Å². The molecule has 28 heavy (non-hydrogen) atoms. The Hall–Kier alpha value is -2.62. The zero-order valence-electron chi connectivity index (χ0n) is 14.3. The molecular formula is C18H12ClN3O4S2. The standard InChI is InChI=1S/C18H12ClN3O4S2/c1-27-18-21-20-17(28-18)22-13(9-4-6-10(19)7-5-9)12(15(24)16(22)25)14(23)11-3-2-8-26-11/h2-8,13,24H,1H3/t13-/m0/s1. The molecule has 2 aromatic heterocycles. The third-order valence-electron chi connectivity index (χ3n) is 4.16. The van der Waals surface area contributed by atoms with Crippen LogP contribution in [0, 0.1) is 0 Å². The van der Waals surface area contributed by atoms with Crippen LogP contribution in [-0.4, -0.2) is 33.3 Å². The van der Waals surface area contributed by atoms with Crippen molar-refractivity contribution >= 4 is 51.5 Å². The number of carbonyl (C=O) groups is 2. The van der Waals surface area contributed by atoms with Crippen molar-refractivity contribution in [3.05, 3.63) is 70.3 Å². The molecule has 10 heteroatoms. The Kier molecular flexibility index (Phi) is 4.96. The quantitative estimate of drug-likeness (QED) is 0.364. The molecule has 0 saturated heterocycles. The fraction of sp³-hybridized carbons (Fsp3) is 0.111. The lowest BCUT2D eigenvalue weighted by Crippen LogP contribution is -2.31. The van der Waals surface area contributed by atoms with E-state index in [4.69, 9.17) is 16.0 Å². The number of nitrogens with zero attached hydrogens (tertiary/aromatic N) is 3. The molecule has 1 aliphatic heterocycles. The number of carbonyl (C=O) groups excluding carboxylic acids is 2. The molecule has 0 spiro atoms. The topological polar surface area (TPSA) is 96.5 Å². The number of furan rings is 1. The molecule has 0 bridgehead atoms. The van der Waals surface area contributed by atoms with E-state index in [9.17, 15) is 14.7 Å². The normalized spacial score (nSPS) is 16.9. The second kappa shape index (κ2) is 7.42. The molecule has 142 valence electrons. The van der Waals surface area contributed by atoms with Crippen molar-refractivity contribution < 1.29 is 19.1 Å². The Labute approximate surface area is 172 Å². The van der Waals surface area contributed by atoms with Crippen LogP contribution in [0.4, 0.5) is 5.13 Å². The maximum absolute atomic E-state index is 13.0. The molecule has 3 heterocycles. The number of halogens is 1. The molecular weight excluding hydrogens is 422 g/mol. The first kappa shape index (κ1) is 18.7. The highest BCUT2D eigenvalue weighted by Crippen LogP contribution is 2.43. The average Bonchev–Trinajstić information content (AvgIpc) is 3.43. The fourth-order valence-electron chi connectivity index (χ4n) is 2.92. The van der Waals surface area contributed by atoms with Crippen LogP contribution in [0.25, 0.3) is 0 Å². The van der Waals surface area contributed by atoms with Crippen molar-refractivity contribution in [3.63, 3.8) is 0 Å². The van der Waals surface area contributed by atoms with Crippen LogP contribution in [0.15, 0.2) is 62.8 Å². The van der Waals surface area contributed by atoms with Crippen LogP contribution in [0.2, 0.25) is 5.02 Å². The summed E-state index contributed by atoms with van der Waals surface area (Å²) in [7, 11) is 0. The van der Waals surface area contributed by atoms with Crippen LogP contribution in [0.1, 0.15) is 22.2 Å². The summed E-state index contributed by atoms with van der Waals surface area (Å²) in [5.41, 5.74) is 0.515. The minimum Gasteiger partial charge on any atom is -0.503 e. The Morgan fingerprint density at radius 1 is 1.29 bits per heavy atom. The Morgan fingerprint density at radius 3 is 2.64 bits per heavy atom. The third-order valence-corrected chi connectivity index (χ3v) is 6.31. The zero-order valence-corrected chi connectivity index (χ0v) is 16.7. The average molecular weight is 434 g/mol. The van der Waals surface area contributed by atoms with Crippen molar-refractivity contribution in [3.8, 4) is 0 Å². The molecule has 4 rings (SSSR count). The molecule has 1 atom stereocenters. The van der Waals surface area contributed by atoms with Crippen molar-refractivity contribution in [2.24, 2.45) is 0 Å². The van der Waals surface area contributed by atoms with Crippen molar-refractivity contribution in [2.45, 2.75) is 10.4 Å². The molecule has 1 N–H and O–H groups in total. The summed E-state index contributed by atoms with van der Waals surface area (Å²) >= 11 is 8.57. The largest absolute Gasteiger partial charge is 0.503 e. The summed E-state index contributed by atoms with van der Waals surface area (Å²) in [4.78, 5) is 27.1. The van der Waals surface area contributed by atoms with Crippen LogP contribution >= 0.6 is 34.7 Å². The highest BCUT2D eigenvalue weighted by Gasteiger charge is 2.46. The fourth-order valence-corrected chi connectivity index (χ4v) is 4.33. The molecule has 0 unspecified atom stereocenters. The summed E-state index contributed by atoms with van der Waals surface area (Å²) in [5.74, 6) is -1.91. The minimum absolute atomic E-state index is 0.0252. The SMILES string of the molecule is CSc1nnc(N2C(=O)C(O)=C(C(=O)c3ccco3)[C@@H]2c2ccc(Cl)cc2)s1. The number of aliphatic hydroxyl groups excluding tert-OH is 1. The molecule has 3 aromatic rings. The molecule has 1 aliphatic rings. The Balaban J connectivity index is 1.86. The maximum atomic E-state index is 13.0. The number of aromatic nitrogens is 2. The van der Waals surface area contributed by atoms with Crippen molar-refractivity contribution in [1.29, 1.82) is 0 Å². The van der Waals surface area contributed by atoms with Crippen molar-refractivity contribution in [2.75, 3.05) is 11.2 Å². The van der Waals surface area contributed by atoms with E-state index in [-0.39, 0.29) is 16.5 Å². The third kappa shape index (κ3) is 3.11. The van der Waals surface area contributed by atoms with E-state index < -0.39 is 23.5 Å². The van der Waals surface area contributed by atoms with Gasteiger partial charge in [0.15, 0.2) is 15.9 Å². The van der Waals surface area contributed by atoms with E-state index in [0.29, 0.717) is 14.9 Å². The van der Waals surface area contributed by atoms with E-state index >= 15 is 0 Å². The summed E-state index contributed by atoms with van der Waals surface area (Å²) in [6.07, 6.45) is 3.19. The van der Waals surface area contributed by atoms with Crippen LogP contribution in [0.3, 0.4) is 0 Å². The number of amides is 1. The van der Waals surface area contributed by atoms with Gasteiger partial charge in [0, 0.05) is 5.02 Å². The summed E-state index contributed by atoms with van der Waals surface area (Å²) in [5, 5.41) is 19.4. The lowest BCUT2D eigenvalue weighted by Gasteiger charge is -2.23. The van der Waals surface area contributed by atoms with Crippen LogP contribution in [-0.2, 0) is 4.79 Å². The predicted molar refractivity (Wildman–Crippen MR) is 106 cm³/mol. The van der Waals surface area contributed by atoms with Gasteiger partial charge in [-0.25, -0.2) is 0 Å². The van der Waals surface area contributed by atoms with E-state index in [1.165, 1.54) is 40.3 Å². The number of rotatable bonds is 5. The van der Waals surface area contributed by atoms with Crippen molar-refractivity contribution in [1.82, 2.24) is 10.2 Å². The second-order valence-corrected chi connectivity index (χ2v) is 8.20. The van der Waals surface area contributed by atoms with Gasteiger partial charge in [-0.2, -0.15) is 0 Å². The van der Waals surface area contributed by atoms with Gasteiger partial charge < -0.3 is 9.52 Å². The van der Waals surface area contributed by atoms with Gasteiger partial charge in [-0.3, -0.25) is 14.5 Å². The summed E-state index contributed by atoms with van der Waals surface area (Å²) < 4.78 is 5.84. The molecule has 7 nitrogen and oxygen atoms in total. The highest BCUT2D eigenvalue weighted by molar-refractivity contribution is 8.00. The smallest absolute Gasteiger partial charge is 0.296 e. The van der Waals surface area contributed by atoms with Gasteiger partial charge in [0.05, 0.1) is 17.9 Å². The van der Waals surface area contributed by atoms with Gasteiger partial charge in [0.1, 0.15) is 0 Å². The maximum Gasteiger partial charge on any atom is 0.296 e. The number of thioether (sulfide) groups is 1. The van der Waals surface area contributed by atoms with Gasteiger partial charge >= 0.3 is 0 Å². The Bertz CT molecular complexity index is 1080. The molecule has 0 saturated carbocycles. The Morgan fingerprint density at radius 2 is 2.04 bits per heavy atom. The van der Waals surface area contributed by atoms with Gasteiger partial charge in [-0.15, -0.1) is 10.2 Å². The molecule has 1 amide bonds. The molecule has 1 aromatic carbocycles. The van der Waals surface area contributed by atoms with Gasteiger partial charge in [0.2, 0.25) is 10.9 Å². The number of ketones is 1. The summed E-state index contributed by atoms with van der Waals surface area (Å²) in [6.45, 7) is 0. The van der Waals surface area contributed by atoms with Crippen LogP contribution < -0.4 is 4.90 Å². The van der Waals surface area contributed by atoms with E-state index in [2.05, 4.69) is 10.2 Å². The molecule has 0 aliphatic carbocycles. The first-order chi connectivity index (χ1) is 13.5. The number of anilines is 1. The lowest BCUT2D eigenvalue weighted by atomic mass is 9.95. The second-order valence-electron chi connectivity index (χ2n) is 5.75. The lowest BCUT2D eigenvalue weighted by molar-refractivity contribution is -0.117. The first-order valence-corrected chi connectivity index (χ1v) is 10.4. The summed E-state index contributed by atoms with van der Waals surface area (Å²) in [6, 6.07) is 8.84. The number of hydrogen-bond acceptors (Lipinski definition) is 8. The van der Waals surface area contributed by atoms with E-state index in [1.807, 2.05) is 6.26 Å².